The van der Waals surface area contributed by atoms with E-state index in [1.165, 1.54) is 0 Å². The van der Waals surface area contributed by atoms with Gasteiger partial charge in [-0.15, -0.1) is 12.6 Å². The Morgan fingerprint density at radius 2 is 2.00 bits per heavy atom. The molecule has 0 radical (unpaired) electrons. The molecule has 3 nitrogen and oxygen atoms in total. The number of aldehydes is 1. The average molecular weight is 300 g/mol. The molecule has 1 aliphatic rings. The SMILES string of the molecule is C\C=C/C=C/C=C/c1cc2c(c(C=O)c1S)OCCC2=O. The second-order valence-corrected chi connectivity index (χ2v) is 4.96. The smallest absolute Gasteiger partial charge is 0.170 e. The Labute approximate surface area is 129 Å². The van der Waals surface area contributed by atoms with Crippen LogP contribution in [0.3, 0.4) is 0 Å². The predicted octanol–water partition coefficient (Wildman–Crippen LogP) is 3.90. The lowest BCUT2D eigenvalue weighted by Gasteiger charge is -2.20. The van der Waals surface area contributed by atoms with Crippen LogP contribution in [-0.4, -0.2) is 18.7 Å². The molecule has 0 saturated carbocycles. The Morgan fingerprint density at radius 3 is 2.71 bits per heavy atom. The highest BCUT2D eigenvalue weighted by Gasteiger charge is 2.24. The molecular formula is C17H16O3S. The second-order valence-electron chi connectivity index (χ2n) is 4.51. The summed E-state index contributed by atoms with van der Waals surface area (Å²) < 4.78 is 5.46. The molecule has 0 N–H and O–H groups in total. The molecule has 21 heavy (non-hydrogen) atoms. The standard InChI is InChI=1S/C17H16O3S/c1-2-3-4-5-6-7-12-10-13-15(19)8-9-20-16(13)14(11-18)17(12)21/h2-7,10-11,21H,8-9H2,1H3/b3-2-,5-4+,7-6+. The number of ether oxygens (including phenoxy) is 1. The van der Waals surface area contributed by atoms with Crippen molar-refractivity contribution in [3.05, 3.63) is 53.1 Å². The van der Waals surface area contributed by atoms with Gasteiger partial charge in [0.05, 0.1) is 17.7 Å². The van der Waals surface area contributed by atoms with Crippen LogP contribution in [0.25, 0.3) is 6.08 Å². The summed E-state index contributed by atoms with van der Waals surface area (Å²) in [7, 11) is 0. The molecule has 0 saturated heterocycles. The third kappa shape index (κ3) is 3.34. The Balaban J connectivity index is 2.45. The van der Waals surface area contributed by atoms with Crippen molar-refractivity contribution in [1.29, 1.82) is 0 Å². The number of hydrogen-bond donors (Lipinski definition) is 1. The Bertz CT molecular complexity index is 654. The Morgan fingerprint density at radius 1 is 1.24 bits per heavy atom. The van der Waals surface area contributed by atoms with Crippen LogP contribution in [0.15, 0.2) is 41.3 Å². The lowest BCUT2D eigenvalue weighted by molar-refractivity contribution is 0.0932. The van der Waals surface area contributed by atoms with Crippen molar-refractivity contribution in [2.75, 3.05) is 6.61 Å². The number of carbonyl (C=O) groups is 2. The highest BCUT2D eigenvalue weighted by molar-refractivity contribution is 7.80. The normalized spacial score (nSPS) is 14.9. The fourth-order valence-corrected chi connectivity index (χ4v) is 2.37. The van der Waals surface area contributed by atoms with Crippen molar-refractivity contribution in [2.24, 2.45) is 0 Å². The summed E-state index contributed by atoms with van der Waals surface area (Å²) in [5.74, 6) is 0.347. The maximum atomic E-state index is 12.0. The number of ketones is 1. The molecule has 1 heterocycles. The minimum absolute atomic E-state index is 0.00760. The van der Waals surface area contributed by atoms with Gasteiger partial charge >= 0.3 is 0 Å². The largest absolute Gasteiger partial charge is 0.492 e. The number of thiol groups is 1. The summed E-state index contributed by atoms with van der Waals surface area (Å²) in [5, 5.41) is 0. The molecule has 0 aliphatic carbocycles. The molecule has 0 amide bonds. The van der Waals surface area contributed by atoms with Gasteiger partial charge in [0.15, 0.2) is 12.1 Å². The van der Waals surface area contributed by atoms with Crippen molar-refractivity contribution in [3.63, 3.8) is 0 Å². The van der Waals surface area contributed by atoms with Gasteiger partial charge in [0.1, 0.15) is 5.75 Å². The van der Waals surface area contributed by atoms with Crippen molar-refractivity contribution < 1.29 is 14.3 Å². The number of Topliss-reactive ketones (excluding diaryl/α,β-unsaturated/α-hetero) is 1. The van der Waals surface area contributed by atoms with Crippen molar-refractivity contribution in [2.45, 2.75) is 18.2 Å². The van der Waals surface area contributed by atoms with Gasteiger partial charge in [-0.2, -0.15) is 0 Å². The van der Waals surface area contributed by atoms with E-state index in [1.54, 1.807) is 6.07 Å². The molecule has 0 fully saturated rings. The van der Waals surface area contributed by atoms with Crippen LogP contribution in [0.4, 0.5) is 0 Å². The third-order valence-electron chi connectivity index (χ3n) is 3.11. The Kier molecular flexibility index (Phi) is 5.17. The molecule has 0 spiro atoms. The maximum absolute atomic E-state index is 12.0. The monoisotopic (exact) mass is 300 g/mol. The van der Waals surface area contributed by atoms with Crippen molar-refractivity contribution in [3.8, 4) is 5.75 Å². The van der Waals surface area contributed by atoms with Crippen LogP contribution in [0.1, 0.15) is 39.6 Å². The first kappa shape index (κ1) is 15.3. The summed E-state index contributed by atoms with van der Waals surface area (Å²) in [6.45, 7) is 2.24. The third-order valence-corrected chi connectivity index (χ3v) is 3.61. The predicted molar refractivity (Wildman–Crippen MR) is 86.5 cm³/mol. The molecule has 1 aromatic carbocycles. The van der Waals surface area contributed by atoms with Crippen molar-refractivity contribution >= 4 is 30.8 Å². The van der Waals surface area contributed by atoms with E-state index in [1.807, 2.05) is 43.4 Å². The minimum atomic E-state index is -0.00760. The number of carbonyl (C=O) groups excluding carboxylic acids is 2. The van der Waals surface area contributed by atoms with E-state index in [-0.39, 0.29) is 5.78 Å². The lowest BCUT2D eigenvalue weighted by Crippen LogP contribution is -2.17. The average Bonchev–Trinajstić information content (AvgIpc) is 2.48. The summed E-state index contributed by atoms with van der Waals surface area (Å²) >= 11 is 4.39. The van der Waals surface area contributed by atoms with Gasteiger partial charge in [-0.05, 0) is 18.6 Å². The van der Waals surface area contributed by atoms with Gasteiger partial charge in [0, 0.05) is 11.3 Å². The molecule has 4 heteroatoms. The van der Waals surface area contributed by atoms with Gasteiger partial charge in [-0.3, -0.25) is 9.59 Å². The minimum Gasteiger partial charge on any atom is -0.492 e. The number of benzene rings is 1. The molecule has 0 aromatic heterocycles. The number of rotatable bonds is 4. The summed E-state index contributed by atoms with van der Waals surface area (Å²) in [4.78, 5) is 23.8. The van der Waals surface area contributed by atoms with Crippen LogP contribution in [-0.2, 0) is 0 Å². The Hall–Kier alpha value is -2.07. The molecule has 108 valence electrons. The first-order valence-electron chi connectivity index (χ1n) is 6.66. The van der Waals surface area contributed by atoms with Crippen molar-refractivity contribution in [1.82, 2.24) is 0 Å². The van der Waals surface area contributed by atoms with Gasteiger partial charge in [0.25, 0.3) is 0 Å². The summed E-state index contributed by atoms with van der Waals surface area (Å²) in [6, 6.07) is 1.73. The second kappa shape index (κ2) is 7.09. The number of allylic oxidation sites excluding steroid dienone is 5. The zero-order chi connectivity index (χ0) is 15.2. The van der Waals surface area contributed by atoms with E-state index in [4.69, 9.17) is 4.74 Å². The van der Waals surface area contributed by atoms with E-state index < -0.39 is 0 Å². The molecule has 0 atom stereocenters. The highest BCUT2D eigenvalue weighted by atomic mass is 32.1. The van der Waals surface area contributed by atoms with Gasteiger partial charge in [0.2, 0.25) is 0 Å². The lowest BCUT2D eigenvalue weighted by atomic mass is 9.98. The van der Waals surface area contributed by atoms with E-state index >= 15 is 0 Å². The van der Waals surface area contributed by atoms with Crippen LogP contribution < -0.4 is 4.74 Å². The first-order valence-corrected chi connectivity index (χ1v) is 7.11. The first-order chi connectivity index (χ1) is 10.2. The molecule has 1 aliphatic heterocycles. The fourth-order valence-electron chi connectivity index (χ4n) is 2.08. The molecule has 1 aromatic rings. The van der Waals surface area contributed by atoms with E-state index in [0.717, 1.165) is 5.56 Å². The topological polar surface area (TPSA) is 43.4 Å². The zero-order valence-corrected chi connectivity index (χ0v) is 12.6. The summed E-state index contributed by atoms with van der Waals surface area (Å²) in [5.41, 5.74) is 1.52. The van der Waals surface area contributed by atoms with Gasteiger partial charge in [-0.25, -0.2) is 0 Å². The van der Waals surface area contributed by atoms with Crippen LogP contribution in [0.5, 0.6) is 5.75 Å². The van der Waals surface area contributed by atoms with E-state index in [9.17, 15) is 9.59 Å². The molecule has 0 unspecified atom stereocenters. The van der Waals surface area contributed by atoms with Gasteiger partial charge < -0.3 is 4.74 Å². The highest BCUT2D eigenvalue weighted by Crippen LogP contribution is 2.35. The van der Waals surface area contributed by atoms with Crippen LogP contribution in [0, 0.1) is 0 Å². The van der Waals surface area contributed by atoms with E-state index in [2.05, 4.69) is 12.6 Å². The van der Waals surface area contributed by atoms with Gasteiger partial charge in [-0.1, -0.05) is 36.5 Å². The molecule has 2 rings (SSSR count). The zero-order valence-electron chi connectivity index (χ0n) is 11.7. The van der Waals surface area contributed by atoms with Crippen LogP contribution in [0.2, 0.25) is 0 Å². The van der Waals surface area contributed by atoms with Crippen LogP contribution >= 0.6 is 12.6 Å². The summed E-state index contributed by atoms with van der Waals surface area (Å²) in [6.07, 6.45) is 12.3. The quantitative estimate of drug-likeness (QED) is 0.521. The molecule has 0 bridgehead atoms. The number of hydrogen-bond acceptors (Lipinski definition) is 4. The van der Waals surface area contributed by atoms with E-state index in [0.29, 0.717) is 41.1 Å². The maximum Gasteiger partial charge on any atom is 0.170 e. The molecular weight excluding hydrogens is 284 g/mol. The number of fused-ring (bicyclic) bond motifs is 1. The fraction of sp³-hybridized carbons (Fsp3) is 0.176.